The van der Waals surface area contributed by atoms with E-state index in [2.05, 4.69) is 10.6 Å². The molecule has 0 bridgehead atoms. The van der Waals surface area contributed by atoms with Crippen molar-refractivity contribution in [3.63, 3.8) is 0 Å². The second-order valence-electron chi connectivity index (χ2n) is 3.20. The summed E-state index contributed by atoms with van der Waals surface area (Å²) in [4.78, 5) is 11.2. The van der Waals surface area contributed by atoms with E-state index in [0.29, 0.717) is 26.2 Å². The number of nitrogens with one attached hydrogen (secondary N) is 2. The number of amides is 1. The lowest BCUT2D eigenvalue weighted by molar-refractivity contribution is -0.120. The minimum atomic E-state index is -0.0893. The minimum absolute atomic E-state index is 0.0893. The third-order valence-corrected chi connectivity index (χ3v) is 1.74. The second kappa shape index (κ2) is 9.44. The highest BCUT2D eigenvalue weighted by molar-refractivity contribution is 5.77. The maximum atomic E-state index is 11.2. The first-order chi connectivity index (χ1) is 7.20. The molecule has 0 aliphatic carbocycles. The maximum Gasteiger partial charge on any atom is 0.234 e. The Morgan fingerprint density at radius 3 is 2.93 bits per heavy atom. The third-order valence-electron chi connectivity index (χ3n) is 1.74. The van der Waals surface area contributed by atoms with Crippen molar-refractivity contribution in [1.82, 2.24) is 10.6 Å². The molecule has 1 atom stereocenters. The number of hydrogen-bond donors (Lipinski definition) is 2. The Balaban J connectivity index is 3.41. The Hall–Kier alpha value is -1.12. The fourth-order valence-corrected chi connectivity index (χ4v) is 0.941. The van der Waals surface area contributed by atoms with Crippen LogP contribution < -0.4 is 10.6 Å². The molecule has 0 fully saturated rings. The first-order valence-electron chi connectivity index (χ1n) is 5.15. The molecule has 15 heavy (non-hydrogen) atoms. The Kier molecular flexibility index (Phi) is 8.73. The first kappa shape index (κ1) is 13.9. The molecule has 5 nitrogen and oxygen atoms in total. The Morgan fingerprint density at radius 2 is 2.33 bits per heavy atom. The van der Waals surface area contributed by atoms with Gasteiger partial charge in [-0.05, 0) is 13.8 Å². The van der Waals surface area contributed by atoms with Gasteiger partial charge in [0.05, 0.1) is 25.6 Å². The first-order valence-corrected chi connectivity index (χ1v) is 5.15. The zero-order valence-corrected chi connectivity index (χ0v) is 9.38. The Bertz CT molecular complexity index is 213. The van der Waals surface area contributed by atoms with Crippen LogP contribution >= 0.6 is 0 Å². The highest BCUT2D eigenvalue weighted by atomic mass is 16.5. The molecular formula is C10H19N3O2. The van der Waals surface area contributed by atoms with Crippen LogP contribution in [0, 0.1) is 11.3 Å². The van der Waals surface area contributed by atoms with Gasteiger partial charge < -0.3 is 15.4 Å². The van der Waals surface area contributed by atoms with Crippen LogP contribution in [0.15, 0.2) is 0 Å². The van der Waals surface area contributed by atoms with Crippen LogP contribution in [0.4, 0.5) is 0 Å². The smallest absolute Gasteiger partial charge is 0.234 e. The van der Waals surface area contributed by atoms with E-state index in [0.717, 1.165) is 0 Å². The van der Waals surface area contributed by atoms with E-state index in [1.807, 2.05) is 19.9 Å². The number of rotatable bonds is 8. The van der Waals surface area contributed by atoms with Gasteiger partial charge in [-0.1, -0.05) is 0 Å². The van der Waals surface area contributed by atoms with Crippen LogP contribution in [0.25, 0.3) is 0 Å². The Morgan fingerprint density at radius 1 is 1.60 bits per heavy atom. The molecule has 1 unspecified atom stereocenters. The number of hydrogen-bond acceptors (Lipinski definition) is 4. The van der Waals surface area contributed by atoms with E-state index in [-0.39, 0.29) is 18.5 Å². The molecule has 0 heterocycles. The largest absolute Gasteiger partial charge is 0.380 e. The predicted octanol–water partition coefficient (Wildman–Crippen LogP) is 0.0309. The molecule has 5 heteroatoms. The summed E-state index contributed by atoms with van der Waals surface area (Å²) in [6.07, 6.45) is 0.347. The van der Waals surface area contributed by atoms with Crippen molar-refractivity contribution in [2.45, 2.75) is 26.3 Å². The van der Waals surface area contributed by atoms with Crippen LogP contribution in [0.5, 0.6) is 0 Å². The summed E-state index contributed by atoms with van der Waals surface area (Å²) >= 11 is 0. The summed E-state index contributed by atoms with van der Waals surface area (Å²) in [6.45, 7) is 5.85. The lowest BCUT2D eigenvalue weighted by Crippen LogP contribution is -2.40. The molecule has 0 radical (unpaired) electrons. The molecule has 86 valence electrons. The molecule has 0 aromatic heterocycles. The normalized spacial score (nSPS) is 11.8. The average Bonchev–Trinajstić information content (AvgIpc) is 2.24. The van der Waals surface area contributed by atoms with Crippen LogP contribution in [0.2, 0.25) is 0 Å². The van der Waals surface area contributed by atoms with Crippen molar-refractivity contribution in [3.8, 4) is 6.07 Å². The van der Waals surface area contributed by atoms with Gasteiger partial charge in [0.25, 0.3) is 0 Å². The van der Waals surface area contributed by atoms with Crippen LogP contribution in [0.1, 0.15) is 20.3 Å². The summed E-state index contributed by atoms with van der Waals surface area (Å²) in [7, 11) is 0. The fraction of sp³-hybridized carbons (Fsp3) is 0.800. The van der Waals surface area contributed by atoms with Crippen molar-refractivity contribution in [2.75, 3.05) is 26.3 Å². The summed E-state index contributed by atoms with van der Waals surface area (Å²) in [5, 5.41) is 13.9. The fourth-order valence-electron chi connectivity index (χ4n) is 0.941. The van der Waals surface area contributed by atoms with Crippen LogP contribution in [-0.4, -0.2) is 38.3 Å². The van der Waals surface area contributed by atoms with Gasteiger partial charge in [-0.3, -0.25) is 4.79 Å². The molecule has 1 amide bonds. The van der Waals surface area contributed by atoms with E-state index in [4.69, 9.17) is 10.00 Å². The predicted molar refractivity (Wildman–Crippen MR) is 57.2 cm³/mol. The number of ether oxygens (including phenoxy) is 1. The van der Waals surface area contributed by atoms with Gasteiger partial charge in [-0.25, -0.2) is 0 Å². The van der Waals surface area contributed by atoms with Crippen molar-refractivity contribution in [2.24, 2.45) is 0 Å². The number of nitrogens with zero attached hydrogens (tertiary/aromatic N) is 1. The van der Waals surface area contributed by atoms with E-state index in [1.165, 1.54) is 0 Å². The summed E-state index contributed by atoms with van der Waals surface area (Å²) in [6, 6.07) is 2.12. The SMILES string of the molecule is CCOCC(C)NCC(=O)NCCC#N. The molecule has 0 aliphatic rings. The van der Waals surface area contributed by atoms with Gasteiger partial charge in [-0.2, -0.15) is 5.26 Å². The highest BCUT2D eigenvalue weighted by Crippen LogP contribution is 1.83. The molecule has 0 rings (SSSR count). The molecule has 0 saturated heterocycles. The summed E-state index contributed by atoms with van der Waals surface area (Å²) in [5.74, 6) is -0.0893. The summed E-state index contributed by atoms with van der Waals surface area (Å²) < 4.78 is 5.19. The monoisotopic (exact) mass is 213 g/mol. The number of carbonyl (C=O) groups is 1. The van der Waals surface area contributed by atoms with Gasteiger partial charge in [0.2, 0.25) is 5.91 Å². The average molecular weight is 213 g/mol. The van der Waals surface area contributed by atoms with Gasteiger partial charge in [0.1, 0.15) is 0 Å². The van der Waals surface area contributed by atoms with E-state index in [9.17, 15) is 4.79 Å². The van der Waals surface area contributed by atoms with Gasteiger partial charge >= 0.3 is 0 Å². The van der Waals surface area contributed by atoms with Crippen LogP contribution in [-0.2, 0) is 9.53 Å². The third kappa shape index (κ3) is 9.19. The highest BCUT2D eigenvalue weighted by Gasteiger charge is 2.04. The van der Waals surface area contributed by atoms with E-state index >= 15 is 0 Å². The van der Waals surface area contributed by atoms with Crippen molar-refractivity contribution < 1.29 is 9.53 Å². The quantitative estimate of drug-likeness (QED) is 0.558. The van der Waals surface area contributed by atoms with Gasteiger partial charge in [0, 0.05) is 19.2 Å². The zero-order chi connectivity index (χ0) is 11.5. The lowest BCUT2D eigenvalue weighted by Gasteiger charge is -2.12. The molecular weight excluding hydrogens is 194 g/mol. The van der Waals surface area contributed by atoms with Crippen molar-refractivity contribution in [1.29, 1.82) is 5.26 Å². The number of carbonyl (C=O) groups excluding carboxylic acids is 1. The van der Waals surface area contributed by atoms with Gasteiger partial charge in [-0.15, -0.1) is 0 Å². The van der Waals surface area contributed by atoms with Crippen LogP contribution in [0.3, 0.4) is 0 Å². The minimum Gasteiger partial charge on any atom is -0.380 e. The van der Waals surface area contributed by atoms with E-state index < -0.39 is 0 Å². The lowest BCUT2D eigenvalue weighted by atomic mass is 10.3. The number of nitriles is 1. The maximum absolute atomic E-state index is 11.2. The standard InChI is InChI=1S/C10H19N3O2/c1-3-15-8-9(2)13-7-10(14)12-6-4-5-11/h9,13H,3-4,6-8H2,1-2H3,(H,12,14). The van der Waals surface area contributed by atoms with Crippen molar-refractivity contribution in [3.05, 3.63) is 0 Å². The topological polar surface area (TPSA) is 74.2 Å². The molecule has 0 aromatic carbocycles. The molecule has 0 aliphatic heterocycles. The van der Waals surface area contributed by atoms with E-state index in [1.54, 1.807) is 0 Å². The molecule has 0 spiro atoms. The second-order valence-corrected chi connectivity index (χ2v) is 3.20. The molecule has 2 N–H and O–H groups in total. The van der Waals surface area contributed by atoms with Gasteiger partial charge in [0.15, 0.2) is 0 Å². The summed E-state index contributed by atoms with van der Waals surface area (Å²) in [5.41, 5.74) is 0. The molecule has 0 saturated carbocycles. The van der Waals surface area contributed by atoms with Crippen molar-refractivity contribution >= 4 is 5.91 Å². The Labute approximate surface area is 90.8 Å². The zero-order valence-electron chi connectivity index (χ0n) is 9.38. The molecule has 0 aromatic rings.